The summed E-state index contributed by atoms with van der Waals surface area (Å²) in [7, 11) is -2.09. The van der Waals surface area contributed by atoms with E-state index in [4.69, 9.17) is 0 Å². The number of hydrogen-bond donors (Lipinski definition) is 2. The maximum Gasteiger partial charge on any atom is 0.246 e. The molecule has 0 spiro atoms. The minimum absolute atomic E-state index is 0.168. The first-order valence-corrected chi connectivity index (χ1v) is 8.17. The van der Waals surface area contributed by atoms with Crippen molar-refractivity contribution < 1.29 is 13.5 Å². The highest BCUT2D eigenvalue weighted by atomic mass is 32.2. The highest BCUT2D eigenvalue weighted by molar-refractivity contribution is 7.89. The number of nitrogens with zero attached hydrogens (tertiary/aromatic N) is 2. The van der Waals surface area contributed by atoms with Gasteiger partial charge in [-0.15, -0.1) is 0 Å². The lowest BCUT2D eigenvalue weighted by Gasteiger charge is -2.19. The zero-order valence-electron chi connectivity index (χ0n) is 12.2. The predicted molar refractivity (Wildman–Crippen MR) is 79.1 cm³/mol. The fourth-order valence-electron chi connectivity index (χ4n) is 1.63. The van der Waals surface area contributed by atoms with Crippen LogP contribution in [0.1, 0.15) is 26.7 Å². The molecule has 0 aromatic carbocycles. The van der Waals surface area contributed by atoms with E-state index in [0.717, 1.165) is 6.42 Å². The predicted octanol–water partition coefficient (Wildman–Crippen LogP) is 1.29. The number of sulfonamides is 1. The molecule has 1 unspecified atom stereocenters. The van der Waals surface area contributed by atoms with Crippen LogP contribution in [0.5, 0.6) is 0 Å². The first kappa shape index (κ1) is 16.9. The van der Waals surface area contributed by atoms with Gasteiger partial charge in [-0.25, -0.2) is 17.7 Å². The molecule has 0 saturated carbocycles. The summed E-state index contributed by atoms with van der Waals surface area (Å²) in [4.78, 5) is 4.26. The fraction of sp³-hybridized carbons (Fsp3) is 0.615. The Bertz CT molecular complexity index is 517. The van der Waals surface area contributed by atoms with Crippen LogP contribution in [-0.4, -0.2) is 49.1 Å². The van der Waals surface area contributed by atoms with Crippen molar-refractivity contribution in [2.45, 2.75) is 37.7 Å². The van der Waals surface area contributed by atoms with Gasteiger partial charge in [0, 0.05) is 26.3 Å². The van der Waals surface area contributed by atoms with Crippen molar-refractivity contribution in [2.24, 2.45) is 0 Å². The smallest absolute Gasteiger partial charge is 0.246 e. The van der Waals surface area contributed by atoms with Crippen LogP contribution < -0.4 is 5.32 Å². The fourth-order valence-corrected chi connectivity index (χ4v) is 2.93. The Hall–Kier alpha value is -1.18. The summed E-state index contributed by atoms with van der Waals surface area (Å²) < 4.78 is 26.2. The van der Waals surface area contributed by atoms with Crippen LogP contribution in [0.4, 0.5) is 5.82 Å². The number of pyridine rings is 1. The van der Waals surface area contributed by atoms with Gasteiger partial charge in [-0.1, -0.05) is 6.92 Å². The number of nitrogens with one attached hydrogen (secondary N) is 1. The highest BCUT2D eigenvalue weighted by Crippen LogP contribution is 2.21. The average Bonchev–Trinajstić information content (AvgIpc) is 2.42. The molecule has 6 nitrogen and oxygen atoms in total. The lowest BCUT2D eigenvalue weighted by atomic mass is 10.3. The average molecular weight is 301 g/mol. The minimum atomic E-state index is -3.60. The summed E-state index contributed by atoms with van der Waals surface area (Å²) in [6.45, 7) is 4.57. The van der Waals surface area contributed by atoms with Crippen molar-refractivity contribution in [3.05, 3.63) is 18.3 Å². The lowest BCUT2D eigenvalue weighted by Crippen LogP contribution is -2.30. The summed E-state index contributed by atoms with van der Waals surface area (Å²) in [5.41, 5.74) is 0. The Kier molecular flexibility index (Phi) is 6.38. The molecule has 0 aliphatic carbocycles. The second kappa shape index (κ2) is 7.56. The number of anilines is 1. The van der Waals surface area contributed by atoms with E-state index in [1.807, 2.05) is 6.92 Å². The summed E-state index contributed by atoms with van der Waals surface area (Å²) in [5.74, 6) is 0.373. The van der Waals surface area contributed by atoms with Gasteiger partial charge >= 0.3 is 0 Å². The SMILES string of the molecule is CCCNc1ncccc1S(=O)(=O)N(C)CCC(C)O. The van der Waals surface area contributed by atoms with Crippen molar-refractivity contribution in [3.63, 3.8) is 0 Å². The van der Waals surface area contributed by atoms with Gasteiger partial charge in [0.05, 0.1) is 6.10 Å². The Morgan fingerprint density at radius 2 is 2.20 bits per heavy atom. The van der Waals surface area contributed by atoms with Gasteiger partial charge in [0.25, 0.3) is 0 Å². The van der Waals surface area contributed by atoms with E-state index in [9.17, 15) is 13.5 Å². The maximum atomic E-state index is 12.5. The van der Waals surface area contributed by atoms with Crippen LogP contribution in [-0.2, 0) is 10.0 Å². The summed E-state index contributed by atoms with van der Waals surface area (Å²) in [5, 5.41) is 12.3. The van der Waals surface area contributed by atoms with Gasteiger partial charge in [-0.05, 0) is 31.9 Å². The first-order valence-electron chi connectivity index (χ1n) is 6.73. The Morgan fingerprint density at radius 3 is 2.80 bits per heavy atom. The lowest BCUT2D eigenvalue weighted by molar-refractivity contribution is 0.177. The van der Waals surface area contributed by atoms with Crippen molar-refractivity contribution in [2.75, 3.05) is 25.5 Å². The number of aliphatic hydroxyl groups is 1. The summed E-state index contributed by atoms with van der Waals surface area (Å²) >= 11 is 0. The molecule has 1 atom stereocenters. The second-order valence-electron chi connectivity index (χ2n) is 4.74. The van der Waals surface area contributed by atoms with Gasteiger partial charge in [0.1, 0.15) is 10.7 Å². The summed E-state index contributed by atoms with van der Waals surface area (Å²) in [6, 6.07) is 3.14. The minimum Gasteiger partial charge on any atom is -0.393 e. The van der Waals surface area contributed by atoms with Crippen LogP contribution in [0, 0.1) is 0 Å². The number of aromatic nitrogens is 1. The molecule has 1 aromatic rings. The van der Waals surface area contributed by atoms with E-state index < -0.39 is 16.1 Å². The van der Waals surface area contributed by atoms with Crippen LogP contribution >= 0.6 is 0 Å². The first-order chi connectivity index (χ1) is 9.39. The molecule has 0 bridgehead atoms. The Morgan fingerprint density at radius 1 is 1.50 bits per heavy atom. The molecule has 114 valence electrons. The summed E-state index contributed by atoms with van der Waals surface area (Å²) in [6.07, 6.45) is 2.31. The number of hydrogen-bond acceptors (Lipinski definition) is 5. The molecule has 0 radical (unpaired) electrons. The molecule has 1 rings (SSSR count). The molecule has 20 heavy (non-hydrogen) atoms. The maximum absolute atomic E-state index is 12.5. The normalized spacial score (nSPS) is 13.4. The van der Waals surface area contributed by atoms with Crippen molar-refractivity contribution in [1.82, 2.24) is 9.29 Å². The van der Waals surface area contributed by atoms with E-state index in [1.165, 1.54) is 11.4 Å². The molecule has 7 heteroatoms. The van der Waals surface area contributed by atoms with Gasteiger partial charge in [-0.2, -0.15) is 0 Å². The third-order valence-electron chi connectivity index (χ3n) is 2.86. The highest BCUT2D eigenvalue weighted by Gasteiger charge is 2.24. The number of rotatable bonds is 8. The van der Waals surface area contributed by atoms with Crippen LogP contribution in [0.3, 0.4) is 0 Å². The Labute approximate surface area is 120 Å². The molecule has 1 aromatic heterocycles. The standard InChI is InChI=1S/C13H23N3O3S/c1-4-8-14-13-12(6-5-9-15-13)20(18,19)16(3)10-7-11(2)17/h5-6,9,11,17H,4,7-8,10H2,1-3H3,(H,14,15). The molecular weight excluding hydrogens is 278 g/mol. The Balaban J connectivity index is 2.96. The number of aliphatic hydroxyl groups excluding tert-OH is 1. The van der Waals surface area contributed by atoms with E-state index in [1.54, 1.807) is 25.3 Å². The van der Waals surface area contributed by atoms with E-state index >= 15 is 0 Å². The van der Waals surface area contributed by atoms with Crippen LogP contribution in [0.2, 0.25) is 0 Å². The van der Waals surface area contributed by atoms with Gasteiger partial charge in [0.2, 0.25) is 10.0 Å². The van der Waals surface area contributed by atoms with E-state index in [2.05, 4.69) is 10.3 Å². The largest absolute Gasteiger partial charge is 0.393 e. The van der Waals surface area contributed by atoms with Crippen LogP contribution in [0.15, 0.2) is 23.2 Å². The molecular formula is C13H23N3O3S. The monoisotopic (exact) mass is 301 g/mol. The zero-order valence-corrected chi connectivity index (χ0v) is 13.0. The van der Waals surface area contributed by atoms with Crippen molar-refractivity contribution in [1.29, 1.82) is 0 Å². The van der Waals surface area contributed by atoms with Crippen molar-refractivity contribution in [3.8, 4) is 0 Å². The topological polar surface area (TPSA) is 82.5 Å². The third-order valence-corrected chi connectivity index (χ3v) is 4.75. The molecule has 0 fully saturated rings. The van der Waals surface area contributed by atoms with Gasteiger partial charge in [-0.3, -0.25) is 0 Å². The molecule has 0 saturated heterocycles. The molecule has 2 N–H and O–H groups in total. The van der Waals surface area contributed by atoms with E-state index in [-0.39, 0.29) is 11.4 Å². The van der Waals surface area contributed by atoms with Crippen molar-refractivity contribution >= 4 is 15.8 Å². The molecule has 1 heterocycles. The van der Waals surface area contributed by atoms with Gasteiger partial charge < -0.3 is 10.4 Å². The van der Waals surface area contributed by atoms with Gasteiger partial charge in [0.15, 0.2) is 0 Å². The second-order valence-corrected chi connectivity index (χ2v) is 6.75. The molecule has 0 amide bonds. The molecule has 0 aliphatic rings. The quantitative estimate of drug-likeness (QED) is 0.756. The third kappa shape index (κ3) is 4.43. The van der Waals surface area contributed by atoms with E-state index in [0.29, 0.717) is 18.8 Å². The zero-order chi connectivity index (χ0) is 15.2. The van der Waals surface area contributed by atoms with Crippen LogP contribution in [0.25, 0.3) is 0 Å². The molecule has 0 aliphatic heterocycles.